The van der Waals surface area contributed by atoms with Gasteiger partial charge < -0.3 is 19.5 Å². The number of rotatable bonds is 10. The zero-order chi connectivity index (χ0) is 24.6. The van der Waals surface area contributed by atoms with Crippen LogP contribution >= 0.6 is 0 Å². The van der Waals surface area contributed by atoms with Gasteiger partial charge in [0.25, 0.3) is 0 Å². The molecule has 1 fully saturated rings. The average molecular weight is 475 g/mol. The lowest BCUT2D eigenvalue weighted by Gasteiger charge is -2.29. The third kappa shape index (κ3) is 6.83. The van der Waals surface area contributed by atoms with E-state index in [4.69, 9.17) is 9.47 Å². The van der Waals surface area contributed by atoms with E-state index in [1.54, 1.807) is 12.3 Å². The summed E-state index contributed by atoms with van der Waals surface area (Å²) < 4.78 is 12.3. The molecular weight excluding hydrogens is 440 g/mol. The van der Waals surface area contributed by atoms with Gasteiger partial charge in [-0.3, -0.25) is 4.98 Å². The van der Waals surface area contributed by atoms with Gasteiger partial charge in [0.2, 0.25) is 0 Å². The van der Waals surface area contributed by atoms with E-state index in [9.17, 15) is 9.90 Å². The topological polar surface area (TPSA) is 71.9 Å². The van der Waals surface area contributed by atoms with Crippen LogP contribution in [0.15, 0.2) is 60.3 Å². The number of ether oxygens (including phenoxy) is 2. The quantitative estimate of drug-likeness (QED) is 0.374. The number of nitrogens with zero attached hydrogens (tertiary/aromatic N) is 2. The average Bonchev–Trinajstić information content (AvgIpc) is 2.87. The van der Waals surface area contributed by atoms with E-state index in [0.717, 1.165) is 54.4 Å². The molecule has 0 bridgehead atoms. The third-order valence-corrected chi connectivity index (χ3v) is 6.49. The molecular formula is C29H34N2O4. The zero-order valence-electron chi connectivity index (χ0n) is 20.6. The summed E-state index contributed by atoms with van der Waals surface area (Å²) in [5.41, 5.74) is 3.11. The number of benzene rings is 2. The minimum Gasteiger partial charge on any atom is -0.493 e. The lowest BCUT2D eigenvalue weighted by Crippen LogP contribution is -2.32. The van der Waals surface area contributed by atoms with Gasteiger partial charge in [0, 0.05) is 22.7 Å². The fourth-order valence-corrected chi connectivity index (χ4v) is 4.38. The molecule has 6 nitrogen and oxygen atoms in total. The van der Waals surface area contributed by atoms with Crippen molar-refractivity contribution in [1.82, 2.24) is 9.88 Å². The van der Waals surface area contributed by atoms with Crippen LogP contribution in [0.5, 0.6) is 11.5 Å². The molecule has 0 unspecified atom stereocenters. The Morgan fingerprint density at radius 2 is 1.97 bits per heavy atom. The number of aliphatic carboxylic acids is 1. The van der Waals surface area contributed by atoms with Crippen LogP contribution in [0.25, 0.3) is 17.0 Å². The number of carboxylic acids is 1. The molecule has 0 spiro atoms. The maximum Gasteiger partial charge on any atom is 0.331 e. The summed E-state index contributed by atoms with van der Waals surface area (Å²) in [4.78, 5) is 18.5. The van der Waals surface area contributed by atoms with E-state index in [1.807, 2.05) is 49.4 Å². The summed E-state index contributed by atoms with van der Waals surface area (Å²) in [6.45, 7) is 5.18. The first-order chi connectivity index (χ1) is 17.0. The van der Waals surface area contributed by atoms with Crippen molar-refractivity contribution in [3.05, 3.63) is 71.4 Å². The van der Waals surface area contributed by atoms with Gasteiger partial charge in [-0.25, -0.2) is 4.79 Å². The first-order valence-electron chi connectivity index (χ1n) is 12.4. The van der Waals surface area contributed by atoms with Crippen molar-refractivity contribution in [3.8, 4) is 11.5 Å². The number of hydrogen-bond donors (Lipinski definition) is 1. The molecule has 6 heteroatoms. The normalized spacial score (nSPS) is 15.3. The second-order valence-corrected chi connectivity index (χ2v) is 9.30. The Kier molecular flexibility index (Phi) is 8.37. The smallest absolute Gasteiger partial charge is 0.331 e. The first-order valence-corrected chi connectivity index (χ1v) is 12.4. The Morgan fingerprint density at radius 3 is 2.74 bits per heavy atom. The lowest BCUT2D eigenvalue weighted by atomic mass is 9.98. The van der Waals surface area contributed by atoms with Gasteiger partial charge in [0.05, 0.1) is 12.1 Å². The monoisotopic (exact) mass is 474 g/mol. The lowest BCUT2D eigenvalue weighted by molar-refractivity contribution is -0.132. The number of piperidine rings is 1. The standard InChI is InChI=1S/C29H34N2O4/c1-3-5-24(29(32)33)17-25-18-26(8-10-28(25)35-19-21-11-14-31(2)15-12-21)34-20-22-7-9-27-23(16-22)6-4-13-30-27/h4,6-10,13,16-18,21H,3,5,11-12,14-15,19-20H2,1-2H3,(H,32,33)/b24-17+. The van der Waals surface area contributed by atoms with E-state index in [0.29, 0.717) is 42.6 Å². The van der Waals surface area contributed by atoms with Gasteiger partial charge in [-0.1, -0.05) is 25.5 Å². The predicted octanol–water partition coefficient (Wildman–Crippen LogP) is 5.80. The minimum atomic E-state index is -0.899. The summed E-state index contributed by atoms with van der Waals surface area (Å²) in [5, 5.41) is 10.7. The number of likely N-dealkylation sites (tertiary alicyclic amines) is 1. The Bertz CT molecular complexity index is 1180. The van der Waals surface area contributed by atoms with E-state index in [2.05, 4.69) is 23.0 Å². The van der Waals surface area contributed by atoms with Crippen LogP contribution in [0.1, 0.15) is 43.7 Å². The summed E-state index contributed by atoms with van der Waals surface area (Å²) in [6.07, 6.45) is 7.00. The molecule has 0 aliphatic carbocycles. The van der Waals surface area contributed by atoms with Crippen molar-refractivity contribution in [3.63, 3.8) is 0 Å². The highest BCUT2D eigenvalue weighted by atomic mass is 16.5. The Hall–Kier alpha value is -3.38. The van der Waals surface area contributed by atoms with Gasteiger partial charge in [0.15, 0.2) is 0 Å². The highest BCUT2D eigenvalue weighted by Crippen LogP contribution is 2.29. The van der Waals surface area contributed by atoms with Crippen molar-refractivity contribution in [2.75, 3.05) is 26.7 Å². The predicted molar refractivity (Wildman–Crippen MR) is 139 cm³/mol. The molecule has 0 saturated carbocycles. The number of carbonyl (C=O) groups is 1. The molecule has 1 aliphatic heterocycles. The van der Waals surface area contributed by atoms with Crippen molar-refractivity contribution in [2.45, 2.75) is 39.2 Å². The van der Waals surface area contributed by atoms with Gasteiger partial charge in [-0.15, -0.1) is 0 Å². The molecule has 1 saturated heterocycles. The molecule has 1 aliphatic rings. The second-order valence-electron chi connectivity index (χ2n) is 9.30. The van der Waals surface area contributed by atoms with Crippen LogP contribution in [0, 0.1) is 5.92 Å². The second kappa shape index (κ2) is 11.8. The summed E-state index contributed by atoms with van der Waals surface area (Å²) in [6, 6.07) is 15.7. The van der Waals surface area contributed by atoms with Crippen molar-refractivity contribution < 1.29 is 19.4 Å². The van der Waals surface area contributed by atoms with Gasteiger partial charge in [-0.2, -0.15) is 0 Å². The van der Waals surface area contributed by atoms with Gasteiger partial charge in [-0.05, 0) is 93.4 Å². The SMILES string of the molecule is CCC/C(=C\c1cc(OCc2ccc3ncccc3c2)ccc1OCC1CCN(C)CC1)C(=O)O. The van der Waals surface area contributed by atoms with Crippen LogP contribution in [0.3, 0.4) is 0 Å². The van der Waals surface area contributed by atoms with Gasteiger partial charge >= 0.3 is 5.97 Å². The molecule has 0 radical (unpaired) electrons. The van der Waals surface area contributed by atoms with E-state index in [-0.39, 0.29) is 0 Å². The van der Waals surface area contributed by atoms with Crippen molar-refractivity contribution in [2.24, 2.45) is 5.92 Å². The Balaban J connectivity index is 1.52. The van der Waals surface area contributed by atoms with E-state index < -0.39 is 5.97 Å². The molecule has 1 N–H and O–H groups in total. The Morgan fingerprint density at radius 1 is 1.14 bits per heavy atom. The number of hydrogen-bond acceptors (Lipinski definition) is 5. The van der Waals surface area contributed by atoms with E-state index in [1.165, 1.54) is 0 Å². The van der Waals surface area contributed by atoms with Crippen molar-refractivity contribution in [1.29, 1.82) is 0 Å². The van der Waals surface area contributed by atoms with Crippen LogP contribution in [-0.4, -0.2) is 47.7 Å². The first kappa shape index (κ1) is 24.7. The summed E-state index contributed by atoms with van der Waals surface area (Å²) in [7, 11) is 2.15. The zero-order valence-corrected chi connectivity index (χ0v) is 20.6. The third-order valence-electron chi connectivity index (χ3n) is 6.49. The fraction of sp³-hybridized carbons (Fsp3) is 0.379. The Labute approximate surface area is 207 Å². The summed E-state index contributed by atoms with van der Waals surface area (Å²) >= 11 is 0. The molecule has 2 heterocycles. The molecule has 1 aromatic heterocycles. The highest BCUT2D eigenvalue weighted by molar-refractivity contribution is 5.92. The largest absolute Gasteiger partial charge is 0.493 e. The molecule has 4 rings (SSSR count). The van der Waals surface area contributed by atoms with Crippen LogP contribution < -0.4 is 9.47 Å². The minimum absolute atomic E-state index is 0.371. The van der Waals surface area contributed by atoms with Crippen LogP contribution in [0.4, 0.5) is 0 Å². The number of fused-ring (bicyclic) bond motifs is 1. The van der Waals surface area contributed by atoms with Crippen LogP contribution in [-0.2, 0) is 11.4 Å². The maximum absolute atomic E-state index is 11.8. The number of aromatic nitrogens is 1. The van der Waals surface area contributed by atoms with Crippen molar-refractivity contribution >= 4 is 22.9 Å². The highest BCUT2D eigenvalue weighted by Gasteiger charge is 2.18. The van der Waals surface area contributed by atoms with E-state index >= 15 is 0 Å². The van der Waals surface area contributed by atoms with Gasteiger partial charge in [0.1, 0.15) is 18.1 Å². The number of pyridine rings is 1. The molecule has 0 atom stereocenters. The fourth-order valence-electron chi connectivity index (χ4n) is 4.38. The molecule has 184 valence electrons. The molecule has 35 heavy (non-hydrogen) atoms. The molecule has 0 amide bonds. The molecule has 2 aromatic carbocycles. The van der Waals surface area contributed by atoms with Crippen LogP contribution in [0.2, 0.25) is 0 Å². The molecule has 3 aromatic rings. The maximum atomic E-state index is 11.8. The number of carboxylic acid groups (broad SMARTS) is 1. The summed E-state index contributed by atoms with van der Waals surface area (Å²) in [5.74, 6) is 0.985.